The zero-order valence-corrected chi connectivity index (χ0v) is 17.3. The van der Waals surface area contributed by atoms with Gasteiger partial charge in [0.25, 0.3) is 0 Å². The van der Waals surface area contributed by atoms with Crippen molar-refractivity contribution >= 4 is 17.7 Å². The first-order chi connectivity index (χ1) is 14.8. The van der Waals surface area contributed by atoms with Gasteiger partial charge in [-0.3, -0.25) is 4.79 Å². The van der Waals surface area contributed by atoms with E-state index in [-0.39, 0.29) is 23.2 Å². The molecule has 1 amide bonds. The normalized spacial score (nSPS) is 11.0. The minimum Gasteiger partial charge on any atom is -0.477 e. The summed E-state index contributed by atoms with van der Waals surface area (Å²) in [4.78, 5) is 30.9. The number of ether oxygens (including phenoxy) is 1. The van der Waals surface area contributed by atoms with E-state index in [1.165, 1.54) is 37.3 Å². The largest absolute Gasteiger partial charge is 0.477 e. The number of hydrogen-bond acceptors (Lipinski definition) is 6. The van der Waals surface area contributed by atoms with E-state index in [1.54, 1.807) is 24.3 Å². The molecule has 0 bridgehead atoms. The number of aromatic nitrogens is 2. The Morgan fingerprint density at radius 3 is 2.10 bits per heavy atom. The van der Waals surface area contributed by atoms with E-state index in [2.05, 4.69) is 15.3 Å². The van der Waals surface area contributed by atoms with Crippen LogP contribution < -0.4 is 15.8 Å². The number of nitrogens with zero attached hydrogens (tertiary/aromatic N) is 2. The van der Waals surface area contributed by atoms with Crippen molar-refractivity contribution in [3.63, 3.8) is 0 Å². The molecular formula is C22H23FN4O4. The highest BCUT2D eigenvalue weighted by Crippen LogP contribution is 2.25. The van der Waals surface area contributed by atoms with E-state index in [0.717, 1.165) is 0 Å². The molecule has 0 unspecified atom stereocenters. The SMILES string of the molecule is CC.C[C@H](Nc1cc(C(=O)O)nc(-c2ccc(Oc3ccc(F)cc3)cc2)n1)C(N)=O. The Kier molecular flexibility index (Phi) is 8.01. The number of anilines is 1. The summed E-state index contributed by atoms with van der Waals surface area (Å²) in [5, 5.41) is 12.0. The molecule has 1 atom stereocenters. The van der Waals surface area contributed by atoms with Crippen LogP contribution in [0.2, 0.25) is 0 Å². The second kappa shape index (κ2) is 10.7. The van der Waals surface area contributed by atoms with Gasteiger partial charge in [0.15, 0.2) is 11.5 Å². The Balaban J connectivity index is 0.00000166. The smallest absolute Gasteiger partial charge is 0.354 e. The molecular weight excluding hydrogens is 403 g/mol. The second-order valence-electron chi connectivity index (χ2n) is 6.12. The third-order valence-electron chi connectivity index (χ3n) is 3.90. The number of nitrogens with one attached hydrogen (secondary N) is 1. The minimum absolute atomic E-state index is 0.150. The van der Waals surface area contributed by atoms with Crippen molar-refractivity contribution in [1.29, 1.82) is 0 Å². The fourth-order valence-corrected chi connectivity index (χ4v) is 2.36. The molecule has 162 valence electrons. The summed E-state index contributed by atoms with van der Waals surface area (Å²) in [6.45, 7) is 5.53. The maximum absolute atomic E-state index is 13.0. The molecule has 1 heterocycles. The Labute approximate surface area is 178 Å². The van der Waals surface area contributed by atoms with Crippen molar-refractivity contribution in [3.05, 3.63) is 66.1 Å². The average Bonchev–Trinajstić information content (AvgIpc) is 2.77. The van der Waals surface area contributed by atoms with Crippen LogP contribution in [0, 0.1) is 5.82 Å². The molecule has 31 heavy (non-hydrogen) atoms. The maximum atomic E-state index is 13.0. The molecule has 0 aliphatic carbocycles. The molecule has 0 fully saturated rings. The number of hydrogen-bond donors (Lipinski definition) is 3. The predicted octanol–water partition coefficient (Wildman–Crippen LogP) is 4.09. The first-order valence-corrected chi connectivity index (χ1v) is 9.54. The van der Waals surface area contributed by atoms with Crippen LogP contribution in [-0.2, 0) is 4.79 Å². The molecule has 3 rings (SSSR count). The van der Waals surface area contributed by atoms with Crippen LogP contribution in [0.3, 0.4) is 0 Å². The Hall–Kier alpha value is -4.01. The van der Waals surface area contributed by atoms with Crippen LogP contribution in [0.1, 0.15) is 31.3 Å². The Morgan fingerprint density at radius 2 is 1.58 bits per heavy atom. The van der Waals surface area contributed by atoms with E-state index in [0.29, 0.717) is 17.1 Å². The third-order valence-corrected chi connectivity index (χ3v) is 3.90. The van der Waals surface area contributed by atoms with Crippen LogP contribution in [0.15, 0.2) is 54.6 Å². The van der Waals surface area contributed by atoms with Gasteiger partial charge in [0.1, 0.15) is 29.2 Å². The zero-order valence-electron chi connectivity index (χ0n) is 17.3. The number of amides is 1. The summed E-state index contributed by atoms with van der Waals surface area (Å²) < 4.78 is 18.6. The highest BCUT2D eigenvalue weighted by Gasteiger charge is 2.15. The summed E-state index contributed by atoms with van der Waals surface area (Å²) in [7, 11) is 0. The average molecular weight is 426 g/mol. The molecule has 4 N–H and O–H groups in total. The monoisotopic (exact) mass is 426 g/mol. The quantitative estimate of drug-likeness (QED) is 0.519. The molecule has 0 aliphatic rings. The molecule has 3 aromatic rings. The van der Waals surface area contributed by atoms with Gasteiger partial charge in [-0.15, -0.1) is 0 Å². The van der Waals surface area contributed by atoms with E-state index < -0.39 is 17.9 Å². The van der Waals surface area contributed by atoms with Crippen LogP contribution in [0.5, 0.6) is 11.5 Å². The number of carboxylic acid groups (broad SMARTS) is 1. The molecule has 0 aliphatic heterocycles. The van der Waals surface area contributed by atoms with Gasteiger partial charge in [-0.2, -0.15) is 0 Å². The molecule has 0 spiro atoms. The summed E-state index contributed by atoms with van der Waals surface area (Å²) >= 11 is 0. The van der Waals surface area contributed by atoms with Crippen molar-refractivity contribution in [3.8, 4) is 22.9 Å². The summed E-state index contributed by atoms with van der Waals surface area (Å²) in [6, 6.07) is 12.7. The van der Waals surface area contributed by atoms with E-state index in [4.69, 9.17) is 10.5 Å². The summed E-state index contributed by atoms with van der Waals surface area (Å²) in [5.41, 5.74) is 5.52. The maximum Gasteiger partial charge on any atom is 0.354 e. The number of carbonyl (C=O) groups is 2. The number of nitrogens with two attached hydrogens (primary N) is 1. The summed E-state index contributed by atoms with van der Waals surface area (Å²) in [6.07, 6.45) is 0. The number of benzene rings is 2. The van der Waals surface area contributed by atoms with Crippen LogP contribution in [0.4, 0.5) is 10.2 Å². The van der Waals surface area contributed by atoms with Crippen molar-refractivity contribution in [2.75, 3.05) is 5.32 Å². The zero-order chi connectivity index (χ0) is 23.0. The lowest BCUT2D eigenvalue weighted by molar-refractivity contribution is -0.118. The van der Waals surface area contributed by atoms with Crippen molar-refractivity contribution in [1.82, 2.24) is 9.97 Å². The summed E-state index contributed by atoms with van der Waals surface area (Å²) in [5.74, 6) is -0.935. The van der Waals surface area contributed by atoms with Gasteiger partial charge in [-0.05, 0) is 55.5 Å². The van der Waals surface area contributed by atoms with Crippen LogP contribution in [0.25, 0.3) is 11.4 Å². The van der Waals surface area contributed by atoms with Gasteiger partial charge in [0.05, 0.1) is 0 Å². The molecule has 0 radical (unpaired) electrons. The number of carboxylic acids is 1. The lowest BCUT2D eigenvalue weighted by Gasteiger charge is -2.12. The van der Waals surface area contributed by atoms with Crippen molar-refractivity contribution < 1.29 is 23.8 Å². The van der Waals surface area contributed by atoms with Crippen molar-refractivity contribution in [2.24, 2.45) is 5.73 Å². The second-order valence-corrected chi connectivity index (χ2v) is 6.12. The van der Waals surface area contributed by atoms with Gasteiger partial charge in [-0.1, -0.05) is 13.8 Å². The lowest BCUT2D eigenvalue weighted by Crippen LogP contribution is -2.32. The first-order valence-electron chi connectivity index (χ1n) is 9.54. The highest BCUT2D eigenvalue weighted by molar-refractivity contribution is 5.87. The van der Waals surface area contributed by atoms with Crippen LogP contribution >= 0.6 is 0 Å². The molecule has 2 aromatic carbocycles. The van der Waals surface area contributed by atoms with Gasteiger partial charge in [0, 0.05) is 11.6 Å². The third kappa shape index (κ3) is 6.49. The van der Waals surface area contributed by atoms with E-state index in [9.17, 15) is 19.1 Å². The first kappa shape index (κ1) is 23.3. The molecule has 9 heteroatoms. The van der Waals surface area contributed by atoms with Crippen molar-refractivity contribution in [2.45, 2.75) is 26.8 Å². The number of primary amides is 1. The number of aromatic carboxylic acids is 1. The molecule has 8 nitrogen and oxygen atoms in total. The lowest BCUT2D eigenvalue weighted by atomic mass is 10.2. The van der Waals surface area contributed by atoms with Gasteiger partial charge >= 0.3 is 5.97 Å². The standard InChI is InChI=1S/C20H17FN4O4.C2H6/c1-11(18(22)26)23-17-10-16(20(27)28)24-19(25-17)12-2-6-14(7-3-12)29-15-8-4-13(21)5-9-15;1-2/h2-11H,1H3,(H2,22,26)(H,27,28)(H,23,24,25);1-2H3/t11-;/m0./s1. The van der Waals surface area contributed by atoms with Gasteiger partial charge in [-0.25, -0.2) is 19.2 Å². The number of carbonyl (C=O) groups excluding carboxylic acids is 1. The van der Waals surface area contributed by atoms with Gasteiger partial charge < -0.3 is 20.9 Å². The minimum atomic E-state index is -1.24. The van der Waals surface area contributed by atoms with Crippen LogP contribution in [-0.4, -0.2) is 33.0 Å². The molecule has 1 aromatic heterocycles. The number of rotatable bonds is 7. The highest BCUT2D eigenvalue weighted by atomic mass is 19.1. The van der Waals surface area contributed by atoms with E-state index in [1.807, 2.05) is 13.8 Å². The fourth-order valence-electron chi connectivity index (χ4n) is 2.36. The Bertz CT molecular complexity index is 1040. The molecule has 0 saturated heterocycles. The molecule has 0 saturated carbocycles. The van der Waals surface area contributed by atoms with Gasteiger partial charge in [0.2, 0.25) is 5.91 Å². The topological polar surface area (TPSA) is 127 Å². The fraction of sp³-hybridized carbons (Fsp3) is 0.182. The predicted molar refractivity (Wildman–Crippen MR) is 115 cm³/mol. The Morgan fingerprint density at radius 1 is 1.03 bits per heavy atom. The number of halogens is 1. The van der Waals surface area contributed by atoms with E-state index >= 15 is 0 Å².